The normalized spacial score (nSPS) is 20.2. The van der Waals surface area contributed by atoms with Crippen LogP contribution in [-0.2, 0) is 14.4 Å². The highest BCUT2D eigenvalue weighted by molar-refractivity contribution is 5.90. The van der Waals surface area contributed by atoms with Gasteiger partial charge in [-0.15, -0.1) is 0 Å². The van der Waals surface area contributed by atoms with Crippen molar-refractivity contribution >= 4 is 17.8 Å². The summed E-state index contributed by atoms with van der Waals surface area (Å²) in [6, 6.07) is -1.28. The quantitative estimate of drug-likeness (QED) is 0.495. The average molecular weight is 452 g/mol. The van der Waals surface area contributed by atoms with Gasteiger partial charge in [-0.05, 0) is 58.4 Å². The summed E-state index contributed by atoms with van der Waals surface area (Å²) >= 11 is 0. The zero-order valence-corrected chi connectivity index (χ0v) is 21.6. The van der Waals surface area contributed by atoms with Gasteiger partial charge in [0.1, 0.15) is 6.04 Å². The van der Waals surface area contributed by atoms with E-state index >= 15 is 0 Å². The summed E-state index contributed by atoms with van der Waals surface area (Å²) in [6.45, 7) is 16.6. The maximum Gasteiger partial charge on any atom is 0.331 e. The van der Waals surface area contributed by atoms with Crippen molar-refractivity contribution in [2.45, 2.75) is 105 Å². The van der Waals surface area contributed by atoms with Gasteiger partial charge in [0.25, 0.3) is 0 Å². The minimum atomic E-state index is -0.999. The lowest BCUT2D eigenvalue weighted by Gasteiger charge is -2.45. The Kier molecular flexibility index (Phi) is 10.4. The predicted molar refractivity (Wildman–Crippen MR) is 128 cm³/mol. The van der Waals surface area contributed by atoms with Crippen LogP contribution >= 0.6 is 0 Å². The van der Waals surface area contributed by atoms with Crippen LogP contribution in [0.15, 0.2) is 11.6 Å². The number of nitrogens with zero attached hydrogens (tertiary/aromatic N) is 2. The molecule has 1 fully saturated rings. The summed E-state index contributed by atoms with van der Waals surface area (Å²) in [5, 5.41) is 12.3. The molecule has 2 unspecified atom stereocenters. The van der Waals surface area contributed by atoms with Gasteiger partial charge in [-0.25, -0.2) is 4.79 Å². The van der Waals surface area contributed by atoms with Gasteiger partial charge in [-0.3, -0.25) is 14.5 Å². The van der Waals surface area contributed by atoms with Crippen molar-refractivity contribution in [2.24, 2.45) is 11.8 Å². The second-order valence-corrected chi connectivity index (χ2v) is 10.4. The average Bonchev–Trinajstić information content (AvgIpc) is 2.73. The fraction of sp³-hybridized carbons (Fsp3) is 0.800. The second kappa shape index (κ2) is 11.8. The zero-order chi connectivity index (χ0) is 24.8. The first-order valence-corrected chi connectivity index (χ1v) is 12.0. The molecule has 0 aromatic heterocycles. The number of hydrogen-bond acceptors (Lipinski definition) is 4. The first kappa shape index (κ1) is 28.1. The summed E-state index contributed by atoms with van der Waals surface area (Å²) in [6.07, 6.45) is 5.44. The van der Waals surface area contributed by atoms with Gasteiger partial charge in [0.15, 0.2) is 0 Å². The van der Waals surface area contributed by atoms with Crippen LogP contribution < -0.4 is 5.32 Å². The van der Waals surface area contributed by atoms with E-state index in [9.17, 15) is 19.5 Å². The number of amides is 2. The van der Waals surface area contributed by atoms with Crippen molar-refractivity contribution in [1.29, 1.82) is 0 Å². The van der Waals surface area contributed by atoms with Gasteiger partial charge in [-0.1, -0.05) is 47.1 Å². The third-order valence-corrected chi connectivity index (χ3v) is 6.91. The van der Waals surface area contributed by atoms with E-state index < -0.39 is 12.0 Å². The number of nitrogens with one attached hydrogen (secondary N) is 1. The van der Waals surface area contributed by atoms with E-state index in [2.05, 4.69) is 31.0 Å². The number of likely N-dealkylation sites (N-methyl/N-ethyl adjacent to an activating group) is 1. The lowest BCUT2D eigenvalue weighted by Crippen LogP contribution is -2.61. The number of hydrogen-bond donors (Lipinski definition) is 2. The van der Waals surface area contributed by atoms with Crippen LogP contribution in [0.3, 0.4) is 0 Å². The number of carbonyl (C=O) groups excluding carboxylic acids is 2. The first-order chi connectivity index (χ1) is 14.7. The molecule has 32 heavy (non-hydrogen) atoms. The smallest absolute Gasteiger partial charge is 0.331 e. The van der Waals surface area contributed by atoms with Crippen molar-refractivity contribution in [3.05, 3.63) is 11.6 Å². The number of likely N-dealkylation sites (tertiary alicyclic amines) is 1. The Morgan fingerprint density at radius 3 is 2.22 bits per heavy atom. The fourth-order valence-electron chi connectivity index (χ4n) is 4.34. The molecule has 1 aliphatic heterocycles. The Morgan fingerprint density at radius 1 is 1.16 bits per heavy atom. The second-order valence-electron chi connectivity index (χ2n) is 10.4. The Bertz CT molecular complexity index is 699. The van der Waals surface area contributed by atoms with Crippen molar-refractivity contribution in [2.75, 3.05) is 13.6 Å². The van der Waals surface area contributed by atoms with Gasteiger partial charge in [0, 0.05) is 18.2 Å². The van der Waals surface area contributed by atoms with Crippen LogP contribution in [0, 0.1) is 11.8 Å². The third-order valence-electron chi connectivity index (χ3n) is 6.91. The van der Waals surface area contributed by atoms with E-state index in [4.69, 9.17) is 0 Å². The Balaban J connectivity index is 3.11. The summed E-state index contributed by atoms with van der Waals surface area (Å²) in [4.78, 5) is 42.0. The predicted octanol–water partition coefficient (Wildman–Crippen LogP) is 3.68. The number of carboxylic acid groups (broad SMARTS) is 1. The van der Waals surface area contributed by atoms with Gasteiger partial charge in [0.05, 0.1) is 12.1 Å². The molecule has 1 heterocycles. The highest BCUT2D eigenvalue weighted by Crippen LogP contribution is 2.28. The molecular weight excluding hydrogens is 406 g/mol. The minimum absolute atomic E-state index is 0.0287. The van der Waals surface area contributed by atoms with Crippen LogP contribution in [0.4, 0.5) is 0 Å². The molecule has 0 aliphatic carbocycles. The summed E-state index contributed by atoms with van der Waals surface area (Å²) in [5.74, 6) is -1.35. The molecule has 0 bridgehead atoms. The molecule has 2 N–H and O–H groups in total. The molecule has 0 saturated carbocycles. The minimum Gasteiger partial charge on any atom is -0.478 e. The molecule has 1 aliphatic rings. The monoisotopic (exact) mass is 451 g/mol. The van der Waals surface area contributed by atoms with Crippen LogP contribution in [-0.4, -0.2) is 69.9 Å². The number of aliphatic carboxylic acids is 1. The van der Waals surface area contributed by atoms with Crippen molar-refractivity contribution < 1.29 is 19.5 Å². The summed E-state index contributed by atoms with van der Waals surface area (Å²) in [5.41, 5.74) is 0.117. The fourth-order valence-corrected chi connectivity index (χ4v) is 4.34. The van der Waals surface area contributed by atoms with E-state index in [1.54, 1.807) is 18.0 Å². The molecule has 0 aromatic rings. The molecule has 184 valence electrons. The Hall–Kier alpha value is -1.89. The van der Waals surface area contributed by atoms with Crippen LogP contribution in [0.5, 0.6) is 0 Å². The molecule has 7 heteroatoms. The first-order valence-electron chi connectivity index (χ1n) is 12.0. The molecule has 7 nitrogen and oxygen atoms in total. The molecule has 3 atom stereocenters. The summed E-state index contributed by atoms with van der Waals surface area (Å²) < 4.78 is 0. The largest absolute Gasteiger partial charge is 0.478 e. The Labute approximate surface area is 194 Å². The highest BCUT2D eigenvalue weighted by atomic mass is 16.4. The molecule has 0 spiro atoms. The van der Waals surface area contributed by atoms with Crippen molar-refractivity contribution in [1.82, 2.24) is 15.1 Å². The lowest BCUT2D eigenvalue weighted by molar-refractivity contribution is -0.141. The molecule has 1 rings (SSSR count). The van der Waals surface area contributed by atoms with Crippen molar-refractivity contribution in [3.8, 4) is 0 Å². The maximum atomic E-state index is 13.5. The van der Waals surface area contributed by atoms with Gasteiger partial charge < -0.3 is 15.3 Å². The zero-order valence-electron chi connectivity index (χ0n) is 21.6. The van der Waals surface area contributed by atoms with E-state index in [0.717, 1.165) is 32.2 Å². The number of rotatable bonds is 10. The van der Waals surface area contributed by atoms with Crippen LogP contribution in [0.2, 0.25) is 0 Å². The van der Waals surface area contributed by atoms with Gasteiger partial charge in [0.2, 0.25) is 11.8 Å². The topological polar surface area (TPSA) is 90.0 Å². The number of piperidine rings is 1. The van der Waals surface area contributed by atoms with E-state index in [1.165, 1.54) is 6.92 Å². The van der Waals surface area contributed by atoms with Gasteiger partial charge >= 0.3 is 5.97 Å². The van der Waals surface area contributed by atoms with Crippen LogP contribution in [0.25, 0.3) is 0 Å². The molecule has 0 aromatic carbocycles. The lowest BCUT2D eigenvalue weighted by atomic mass is 9.90. The molecule has 1 saturated heterocycles. The van der Waals surface area contributed by atoms with E-state index in [1.807, 2.05) is 27.7 Å². The van der Waals surface area contributed by atoms with Crippen LogP contribution in [0.1, 0.15) is 81.1 Å². The van der Waals surface area contributed by atoms with Gasteiger partial charge in [-0.2, -0.15) is 0 Å². The summed E-state index contributed by atoms with van der Waals surface area (Å²) in [7, 11) is 1.69. The number of carbonyl (C=O) groups is 3. The molecule has 2 amide bonds. The molecular formula is C25H45N3O4. The van der Waals surface area contributed by atoms with Crippen molar-refractivity contribution in [3.63, 3.8) is 0 Å². The highest BCUT2D eigenvalue weighted by Gasteiger charge is 2.39. The maximum absolute atomic E-state index is 13.5. The third kappa shape index (κ3) is 7.06. The Morgan fingerprint density at radius 2 is 1.75 bits per heavy atom. The molecule has 0 radical (unpaired) electrons. The standard InChI is InChI=1S/C25H45N3O4/c1-10-25(7,8)28-14-12-11-13-19(28)22(29)26-21(17(4)5)23(30)27(9)20(16(2)3)15-18(6)24(31)32/h15-17,19-21H,10-14H2,1-9H3,(H,26,29)(H,31,32)/b18-15+/t19?,20-,21?/m1/s1. The SMILES string of the molecule is CCC(C)(C)N1CCCCC1C(=O)NC(C(=O)N(C)[C@H](/C=C(\C)C(=O)O)C(C)C)C(C)C. The van der Waals surface area contributed by atoms with E-state index in [0.29, 0.717) is 0 Å². The number of carboxylic acids is 1. The van der Waals surface area contributed by atoms with E-state index in [-0.39, 0.29) is 46.8 Å².